The smallest absolute Gasteiger partial charge is 0.358 e. The Hall–Kier alpha value is -2.08. The van der Waals surface area contributed by atoms with Crippen LogP contribution in [0.4, 0.5) is 4.39 Å². The van der Waals surface area contributed by atoms with Crippen molar-refractivity contribution in [3.05, 3.63) is 34.2 Å². The van der Waals surface area contributed by atoms with Crippen LogP contribution in [0.2, 0.25) is 5.02 Å². The molecule has 0 aliphatic heterocycles. The Labute approximate surface area is 112 Å². The molecule has 0 unspecified atom stereocenters. The Morgan fingerprint density at radius 2 is 2.21 bits per heavy atom. The molecule has 5 nitrogen and oxygen atoms in total. The standard InChI is InChI=1S/C12H9ClFNO4/c1-5-7(14)3-6(13)11(18-2)10(5)9-4-8(12(16)17)15-19-9/h3-4H,1-2H3,(H,16,17). The van der Waals surface area contributed by atoms with Gasteiger partial charge in [0.15, 0.2) is 11.5 Å². The second-order valence-corrected chi connectivity index (χ2v) is 4.16. The van der Waals surface area contributed by atoms with Crippen LogP contribution in [0.3, 0.4) is 0 Å². The highest BCUT2D eigenvalue weighted by atomic mass is 35.5. The van der Waals surface area contributed by atoms with Gasteiger partial charge in [-0.1, -0.05) is 16.8 Å². The van der Waals surface area contributed by atoms with E-state index in [0.29, 0.717) is 0 Å². The van der Waals surface area contributed by atoms with Gasteiger partial charge in [-0.05, 0) is 18.6 Å². The highest BCUT2D eigenvalue weighted by Crippen LogP contribution is 2.40. The Morgan fingerprint density at radius 3 is 2.74 bits per heavy atom. The number of nitrogens with zero attached hydrogens (tertiary/aromatic N) is 1. The monoisotopic (exact) mass is 285 g/mol. The van der Waals surface area contributed by atoms with Crippen LogP contribution in [0.25, 0.3) is 11.3 Å². The van der Waals surface area contributed by atoms with E-state index in [1.807, 2.05) is 0 Å². The highest BCUT2D eigenvalue weighted by Gasteiger charge is 2.22. The number of carboxylic acid groups (broad SMARTS) is 1. The average Bonchev–Trinajstić information content (AvgIpc) is 2.82. The Morgan fingerprint density at radius 1 is 1.53 bits per heavy atom. The van der Waals surface area contributed by atoms with Gasteiger partial charge in [0.1, 0.15) is 11.6 Å². The van der Waals surface area contributed by atoms with Crippen molar-refractivity contribution in [2.75, 3.05) is 7.11 Å². The number of hydrogen-bond donors (Lipinski definition) is 1. The first kappa shape index (κ1) is 13.4. The summed E-state index contributed by atoms with van der Waals surface area (Å²) in [6.45, 7) is 1.51. The van der Waals surface area contributed by atoms with E-state index in [9.17, 15) is 9.18 Å². The van der Waals surface area contributed by atoms with Gasteiger partial charge in [0, 0.05) is 6.07 Å². The normalized spacial score (nSPS) is 10.5. The fourth-order valence-corrected chi connectivity index (χ4v) is 1.95. The number of hydrogen-bond acceptors (Lipinski definition) is 4. The van der Waals surface area contributed by atoms with E-state index in [4.69, 9.17) is 26.0 Å². The van der Waals surface area contributed by atoms with Crippen LogP contribution < -0.4 is 4.74 Å². The van der Waals surface area contributed by atoms with Crippen molar-refractivity contribution in [1.29, 1.82) is 0 Å². The maximum Gasteiger partial charge on any atom is 0.358 e. The summed E-state index contributed by atoms with van der Waals surface area (Å²) >= 11 is 5.88. The third kappa shape index (κ3) is 2.26. The predicted molar refractivity (Wildman–Crippen MR) is 65.2 cm³/mol. The lowest BCUT2D eigenvalue weighted by atomic mass is 10.0. The summed E-state index contributed by atoms with van der Waals surface area (Å²) in [4.78, 5) is 10.8. The van der Waals surface area contributed by atoms with Crippen LogP contribution in [0.5, 0.6) is 5.75 Å². The fourth-order valence-electron chi connectivity index (χ4n) is 1.68. The molecule has 1 heterocycles. The zero-order chi connectivity index (χ0) is 14.2. The minimum atomic E-state index is -1.24. The van der Waals surface area contributed by atoms with Crippen molar-refractivity contribution in [3.8, 4) is 17.1 Å². The third-order valence-electron chi connectivity index (χ3n) is 2.61. The van der Waals surface area contributed by atoms with Crippen molar-refractivity contribution in [3.63, 3.8) is 0 Å². The van der Waals surface area contributed by atoms with E-state index in [0.717, 1.165) is 6.07 Å². The summed E-state index contributed by atoms with van der Waals surface area (Å²) in [5, 5.41) is 12.2. The van der Waals surface area contributed by atoms with Crippen LogP contribution in [0.1, 0.15) is 16.1 Å². The molecule has 0 fully saturated rings. The first-order valence-corrected chi connectivity index (χ1v) is 5.56. The topological polar surface area (TPSA) is 72.6 Å². The quantitative estimate of drug-likeness (QED) is 0.938. The largest absolute Gasteiger partial charge is 0.494 e. The lowest BCUT2D eigenvalue weighted by Crippen LogP contribution is -1.96. The van der Waals surface area contributed by atoms with Crippen LogP contribution in [-0.2, 0) is 0 Å². The van der Waals surface area contributed by atoms with E-state index in [2.05, 4.69) is 5.16 Å². The predicted octanol–water partition coefficient (Wildman–Crippen LogP) is 3.15. The van der Waals surface area contributed by atoms with Crippen LogP contribution in [0.15, 0.2) is 16.7 Å². The summed E-state index contributed by atoms with van der Waals surface area (Å²) in [7, 11) is 1.37. The molecule has 0 saturated heterocycles. The van der Waals surface area contributed by atoms with Gasteiger partial charge >= 0.3 is 5.97 Å². The molecule has 0 aliphatic rings. The summed E-state index contributed by atoms with van der Waals surface area (Å²) in [6.07, 6.45) is 0. The second kappa shape index (κ2) is 4.89. The maximum absolute atomic E-state index is 13.7. The number of ether oxygens (including phenoxy) is 1. The van der Waals surface area contributed by atoms with Crippen LogP contribution in [-0.4, -0.2) is 23.3 Å². The van der Waals surface area contributed by atoms with E-state index in [-0.39, 0.29) is 33.4 Å². The third-order valence-corrected chi connectivity index (χ3v) is 2.89. The second-order valence-electron chi connectivity index (χ2n) is 3.76. The van der Waals surface area contributed by atoms with E-state index in [1.54, 1.807) is 0 Å². The molecule has 0 amide bonds. The number of carbonyl (C=O) groups is 1. The average molecular weight is 286 g/mol. The van der Waals surface area contributed by atoms with Gasteiger partial charge in [-0.25, -0.2) is 9.18 Å². The van der Waals surface area contributed by atoms with Gasteiger partial charge in [-0.15, -0.1) is 0 Å². The van der Waals surface area contributed by atoms with E-state index >= 15 is 0 Å². The molecule has 0 radical (unpaired) electrons. The Kier molecular flexibility index (Phi) is 3.44. The molecule has 7 heteroatoms. The van der Waals surface area contributed by atoms with Crippen molar-refractivity contribution in [1.82, 2.24) is 5.16 Å². The number of rotatable bonds is 3. The lowest BCUT2D eigenvalue weighted by Gasteiger charge is -2.11. The zero-order valence-electron chi connectivity index (χ0n) is 10.0. The minimum absolute atomic E-state index is 0.0638. The molecule has 19 heavy (non-hydrogen) atoms. The minimum Gasteiger partial charge on any atom is -0.494 e. The Balaban J connectivity index is 2.69. The van der Waals surface area contributed by atoms with Crippen LogP contribution >= 0.6 is 11.6 Å². The van der Waals surface area contributed by atoms with Crippen molar-refractivity contribution >= 4 is 17.6 Å². The molecule has 0 aliphatic carbocycles. The van der Waals surface area contributed by atoms with Gasteiger partial charge in [-0.2, -0.15) is 0 Å². The van der Waals surface area contributed by atoms with Crippen LogP contribution in [0, 0.1) is 12.7 Å². The number of aromatic carboxylic acids is 1. The molecule has 2 rings (SSSR count). The molecule has 1 aromatic heterocycles. The lowest BCUT2D eigenvalue weighted by molar-refractivity contribution is 0.0686. The molecule has 0 atom stereocenters. The Bertz CT molecular complexity index is 653. The summed E-state index contributed by atoms with van der Waals surface area (Å²) in [5.74, 6) is -1.51. The van der Waals surface area contributed by atoms with Gasteiger partial charge in [0.25, 0.3) is 0 Å². The number of carboxylic acids is 1. The molecule has 100 valence electrons. The molecule has 1 N–H and O–H groups in total. The van der Waals surface area contributed by atoms with Gasteiger partial charge in [0.05, 0.1) is 17.7 Å². The van der Waals surface area contributed by atoms with Gasteiger partial charge < -0.3 is 14.4 Å². The SMILES string of the molecule is COc1c(Cl)cc(F)c(C)c1-c1cc(C(=O)O)no1. The van der Waals surface area contributed by atoms with E-state index < -0.39 is 11.8 Å². The number of benzene rings is 1. The molecular weight excluding hydrogens is 277 g/mol. The summed E-state index contributed by atoms with van der Waals surface area (Å²) in [5.41, 5.74) is 0.193. The number of methoxy groups -OCH3 is 1. The maximum atomic E-state index is 13.7. The highest BCUT2D eigenvalue weighted by molar-refractivity contribution is 6.32. The summed E-state index contributed by atoms with van der Waals surface area (Å²) in [6, 6.07) is 2.30. The van der Waals surface area contributed by atoms with Gasteiger partial charge in [0.2, 0.25) is 0 Å². The molecular formula is C12H9ClFNO4. The molecule has 0 bridgehead atoms. The molecule has 0 spiro atoms. The first-order valence-electron chi connectivity index (χ1n) is 5.18. The van der Waals surface area contributed by atoms with Gasteiger partial charge in [-0.3, -0.25) is 0 Å². The van der Waals surface area contributed by atoms with Crippen molar-refractivity contribution in [2.24, 2.45) is 0 Å². The van der Waals surface area contributed by atoms with E-state index in [1.165, 1.54) is 20.1 Å². The fraction of sp³-hybridized carbons (Fsp3) is 0.167. The molecule has 1 aromatic carbocycles. The number of halogens is 2. The summed E-state index contributed by atoms with van der Waals surface area (Å²) < 4.78 is 23.7. The van der Waals surface area contributed by atoms with Crippen molar-refractivity contribution in [2.45, 2.75) is 6.92 Å². The molecule has 2 aromatic rings. The molecule has 0 saturated carbocycles. The van der Waals surface area contributed by atoms with Crippen molar-refractivity contribution < 1.29 is 23.6 Å². The zero-order valence-corrected chi connectivity index (χ0v) is 10.8. The first-order chi connectivity index (χ1) is 8.95. The number of aromatic nitrogens is 1.